The lowest BCUT2D eigenvalue weighted by Gasteiger charge is -2.31. The molecule has 0 radical (unpaired) electrons. The third kappa shape index (κ3) is 6.69. The first kappa shape index (κ1) is 21.6. The Morgan fingerprint density at radius 2 is 1.48 bits per heavy atom. The number of amides is 2. The van der Waals surface area contributed by atoms with Crippen LogP contribution in [0.2, 0.25) is 0 Å². The number of carbonyl (C=O) groups is 3. The molecule has 3 atom stereocenters. The SMILES string of the molecule is CNC(=O)[C@@H](O)[C@H](CC(C)C)C(=O)C[C@H](C(=O)NC)C(C)(C)C. The number of hydrogen-bond acceptors (Lipinski definition) is 4. The van der Waals surface area contributed by atoms with E-state index >= 15 is 0 Å². The molecule has 0 aromatic carbocycles. The van der Waals surface area contributed by atoms with Gasteiger partial charge in [0.05, 0.1) is 5.92 Å². The standard InChI is InChI=1S/C17H32N2O4/c1-10(2)8-11(14(21)16(23)19-7)13(20)9-12(15(22)18-6)17(3,4)5/h10-12,14,21H,8-9H2,1-7H3,(H,18,22)(H,19,23)/t11-,12-,14+/m1/s1. The molecule has 0 saturated carbocycles. The number of carbonyl (C=O) groups excluding carboxylic acids is 3. The maximum absolute atomic E-state index is 12.7. The zero-order chi connectivity index (χ0) is 18.4. The van der Waals surface area contributed by atoms with Crippen molar-refractivity contribution in [3.05, 3.63) is 0 Å². The molecule has 0 aromatic heterocycles. The van der Waals surface area contributed by atoms with Crippen LogP contribution < -0.4 is 10.6 Å². The van der Waals surface area contributed by atoms with Crippen LogP contribution >= 0.6 is 0 Å². The fraction of sp³-hybridized carbons (Fsp3) is 0.824. The van der Waals surface area contributed by atoms with Gasteiger partial charge in [-0.2, -0.15) is 0 Å². The lowest BCUT2D eigenvalue weighted by Crippen LogP contribution is -2.44. The van der Waals surface area contributed by atoms with Gasteiger partial charge in [-0.25, -0.2) is 0 Å². The lowest BCUT2D eigenvalue weighted by molar-refractivity contribution is -0.141. The van der Waals surface area contributed by atoms with E-state index in [1.165, 1.54) is 14.1 Å². The van der Waals surface area contributed by atoms with Crippen molar-refractivity contribution in [1.82, 2.24) is 10.6 Å². The van der Waals surface area contributed by atoms with Gasteiger partial charge in [-0.15, -0.1) is 0 Å². The summed E-state index contributed by atoms with van der Waals surface area (Å²) in [5, 5.41) is 15.1. The molecule has 0 rings (SSSR count). The summed E-state index contributed by atoms with van der Waals surface area (Å²) in [5.41, 5.74) is -0.393. The molecule has 134 valence electrons. The Labute approximate surface area is 139 Å². The second-order valence-electron chi connectivity index (χ2n) is 7.50. The van der Waals surface area contributed by atoms with E-state index < -0.39 is 29.3 Å². The summed E-state index contributed by atoms with van der Waals surface area (Å²) in [7, 11) is 2.96. The van der Waals surface area contributed by atoms with Crippen LogP contribution in [0.1, 0.15) is 47.5 Å². The quantitative estimate of drug-likeness (QED) is 0.622. The third-order valence-corrected chi connectivity index (χ3v) is 4.05. The molecule has 6 nitrogen and oxygen atoms in total. The summed E-state index contributed by atoms with van der Waals surface area (Å²) in [6.45, 7) is 9.54. The monoisotopic (exact) mass is 328 g/mol. The molecule has 0 aliphatic heterocycles. The van der Waals surface area contributed by atoms with Crippen LogP contribution in [0.3, 0.4) is 0 Å². The zero-order valence-electron chi connectivity index (χ0n) is 15.4. The molecule has 3 N–H and O–H groups in total. The largest absolute Gasteiger partial charge is 0.383 e. The van der Waals surface area contributed by atoms with Crippen molar-refractivity contribution in [3.8, 4) is 0 Å². The first-order valence-corrected chi connectivity index (χ1v) is 8.09. The highest BCUT2D eigenvalue weighted by Crippen LogP contribution is 2.31. The van der Waals surface area contributed by atoms with E-state index in [0.29, 0.717) is 6.42 Å². The highest BCUT2D eigenvalue weighted by molar-refractivity contribution is 5.92. The van der Waals surface area contributed by atoms with E-state index in [0.717, 1.165) is 0 Å². The summed E-state index contributed by atoms with van der Waals surface area (Å²) in [6, 6.07) is 0. The lowest BCUT2D eigenvalue weighted by atomic mass is 9.74. The fourth-order valence-electron chi connectivity index (χ4n) is 2.59. The Morgan fingerprint density at radius 1 is 1.00 bits per heavy atom. The Kier molecular flexibility index (Phi) is 8.45. The van der Waals surface area contributed by atoms with Crippen molar-refractivity contribution in [1.29, 1.82) is 0 Å². The first-order valence-electron chi connectivity index (χ1n) is 8.09. The minimum atomic E-state index is -1.39. The minimum absolute atomic E-state index is 0.00855. The molecule has 0 bridgehead atoms. The van der Waals surface area contributed by atoms with Gasteiger partial charge in [0, 0.05) is 26.4 Å². The molecular formula is C17H32N2O4. The molecule has 0 heterocycles. The number of rotatable bonds is 8. The van der Waals surface area contributed by atoms with Crippen LogP contribution in [-0.4, -0.2) is 42.9 Å². The second-order valence-corrected chi connectivity index (χ2v) is 7.50. The van der Waals surface area contributed by atoms with Gasteiger partial charge in [0.15, 0.2) is 0 Å². The Morgan fingerprint density at radius 3 is 1.83 bits per heavy atom. The number of ketones is 1. The molecule has 0 aromatic rings. The fourth-order valence-corrected chi connectivity index (χ4v) is 2.59. The molecule has 0 unspecified atom stereocenters. The Bertz CT molecular complexity index is 427. The molecule has 0 aliphatic carbocycles. The summed E-state index contributed by atoms with van der Waals surface area (Å²) in [6.07, 6.45) is -0.979. The molecule has 6 heteroatoms. The van der Waals surface area contributed by atoms with Gasteiger partial charge in [-0.05, 0) is 17.8 Å². The van der Waals surface area contributed by atoms with E-state index in [-0.39, 0.29) is 24.0 Å². The van der Waals surface area contributed by atoms with Crippen LogP contribution in [0.15, 0.2) is 0 Å². The van der Waals surface area contributed by atoms with Crippen molar-refractivity contribution in [2.24, 2.45) is 23.2 Å². The average Bonchev–Trinajstić information content (AvgIpc) is 2.46. The average molecular weight is 328 g/mol. The predicted octanol–water partition coefficient (Wildman–Crippen LogP) is 1.12. The first-order chi connectivity index (χ1) is 10.4. The number of likely N-dealkylation sites (N-methyl/N-ethyl adjacent to an activating group) is 1. The molecule has 0 fully saturated rings. The molecular weight excluding hydrogens is 296 g/mol. The summed E-state index contributed by atoms with van der Waals surface area (Å²) in [5.74, 6) is -2.19. The van der Waals surface area contributed by atoms with Gasteiger partial charge in [-0.1, -0.05) is 34.6 Å². The summed E-state index contributed by atoms with van der Waals surface area (Å²) >= 11 is 0. The zero-order valence-corrected chi connectivity index (χ0v) is 15.4. The number of nitrogens with one attached hydrogen (secondary N) is 2. The van der Waals surface area contributed by atoms with Gasteiger partial charge in [-0.3, -0.25) is 14.4 Å². The number of Topliss-reactive ketones (excluding diaryl/α,β-unsaturated/α-hetero) is 1. The maximum Gasteiger partial charge on any atom is 0.249 e. The van der Waals surface area contributed by atoms with Gasteiger partial charge >= 0.3 is 0 Å². The normalized spacial score (nSPS) is 15.7. The summed E-state index contributed by atoms with van der Waals surface area (Å²) < 4.78 is 0. The van der Waals surface area contributed by atoms with E-state index in [1.807, 2.05) is 34.6 Å². The number of aliphatic hydroxyl groups is 1. The van der Waals surface area contributed by atoms with Crippen molar-refractivity contribution >= 4 is 17.6 Å². The van der Waals surface area contributed by atoms with Crippen molar-refractivity contribution < 1.29 is 19.5 Å². The van der Waals surface area contributed by atoms with Crippen molar-refractivity contribution in [3.63, 3.8) is 0 Å². The van der Waals surface area contributed by atoms with E-state index in [9.17, 15) is 19.5 Å². The molecule has 0 aliphatic rings. The van der Waals surface area contributed by atoms with E-state index in [1.54, 1.807) is 0 Å². The minimum Gasteiger partial charge on any atom is -0.383 e. The third-order valence-electron chi connectivity index (χ3n) is 4.05. The van der Waals surface area contributed by atoms with Gasteiger partial charge < -0.3 is 15.7 Å². The number of aliphatic hydroxyl groups excluding tert-OH is 1. The Balaban J connectivity index is 5.35. The Hall–Kier alpha value is -1.43. The van der Waals surface area contributed by atoms with Gasteiger partial charge in [0.1, 0.15) is 11.9 Å². The summed E-state index contributed by atoms with van der Waals surface area (Å²) in [4.78, 5) is 36.5. The van der Waals surface area contributed by atoms with E-state index in [4.69, 9.17) is 0 Å². The molecule has 2 amide bonds. The van der Waals surface area contributed by atoms with Gasteiger partial charge in [0.2, 0.25) is 11.8 Å². The molecule has 0 spiro atoms. The van der Waals surface area contributed by atoms with Crippen LogP contribution in [0.5, 0.6) is 0 Å². The predicted molar refractivity (Wildman–Crippen MR) is 89.7 cm³/mol. The highest BCUT2D eigenvalue weighted by atomic mass is 16.3. The highest BCUT2D eigenvalue weighted by Gasteiger charge is 2.38. The maximum atomic E-state index is 12.7. The van der Waals surface area contributed by atoms with E-state index in [2.05, 4.69) is 10.6 Å². The molecule has 0 saturated heterocycles. The van der Waals surface area contributed by atoms with Crippen LogP contribution in [0.4, 0.5) is 0 Å². The smallest absolute Gasteiger partial charge is 0.249 e. The van der Waals surface area contributed by atoms with Crippen molar-refractivity contribution in [2.45, 2.75) is 53.6 Å². The second kappa shape index (κ2) is 9.01. The van der Waals surface area contributed by atoms with Crippen LogP contribution in [0.25, 0.3) is 0 Å². The van der Waals surface area contributed by atoms with Crippen molar-refractivity contribution in [2.75, 3.05) is 14.1 Å². The molecule has 23 heavy (non-hydrogen) atoms. The topological polar surface area (TPSA) is 95.5 Å². The van der Waals surface area contributed by atoms with Crippen LogP contribution in [0, 0.1) is 23.2 Å². The van der Waals surface area contributed by atoms with Gasteiger partial charge in [0.25, 0.3) is 0 Å². The number of hydrogen-bond donors (Lipinski definition) is 3. The van der Waals surface area contributed by atoms with Crippen LogP contribution in [-0.2, 0) is 14.4 Å².